The first-order chi connectivity index (χ1) is 8.06. The fourth-order valence-corrected chi connectivity index (χ4v) is 1.47. The van der Waals surface area contributed by atoms with Crippen LogP contribution in [-0.4, -0.2) is 5.97 Å². The molecule has 0 bridgehead atoms. The first kappa shape index (κ1) is 13.0. The second kappa shape index (κ2) is 5.83. The molecule has 0 spiro atoms. The molecule has 0 aliphatic rings. The molecule has 0 N–H and O–H groups in total. The van der Waals surface area contributed by atoms with Crippen LogP contribution in [-0.2, 0) is 4.79 Å². The van der Waals surface area contributed by atoms with Crippen LogP contribution in [0.15, 0.2) is 28.2 Å². The van der Waals surface area contributed by atoms with Crippen LogP contribution in [0.25, 0.3) is 6.08 Å². The van der Waals surface area contributed by atoms with Gasteiger partial charge in [-0.2, -0.15) is 10.5 Å². The predicted octanol–water partition coefficient (Wildman–Crippen LogP) is 2.80. The summed E-state index contributed by atoms with van der Waals surface area (Å²) >= 11 is 3.28. The monoisotopic (exact) mass is 290 g/mol. The number of allylic oxidation sites excluding steroid dienone is 1. The van der Waals surface area contributed by atoms with E-state index in [1.807, 2.05) is 0 Å². The Balaban J connectivity index is 3.17. The van der Waals surface area contributed by atoms with Gasteiger partial charge in [-0.25, -0.2) is 0 Å². The van der Waals surface area contributed by atoms with E-state index in [4.69, 9.17) is 15.3 Å². The van der Waals surface area contributed by atoms with Gasteiger partial charge in [0.05, 0.1) is 0 Å². The highest BCUT2D eigenvalue weighted by Crippen LogP contribution is 2.24. The smallest absolute Gasteiger partial charge is 0.308 e. The van der Waals surface area contributed by atoms with Crippen molar-refractivity contribution in [2.45, 2.75) is 6.92 Å². The van der Waals surface area contributed by atoms with Crippen LogP contribution in [0.4, 0.5) is 0 Å². The Bertz CT molecular complexity index is 549. The molecule has 1 rings (SSSR count). The van der Waals surface area contributed by atoms with Gasteiger partial charge in [-0.15, -0.1) is 0 Å². The number of nitrogens with zero attached hydrogens (tertiary/aromatic N) is 2. The lowest BCUT2D eigenvalue weighted by atomic mass is 10.1. The van der Waals surface area contributed by atoms with E-state index >= 15 is 0 Å². The highest BCUT2D eigenvalue weighted by atomic mass is 79.9. The van der Waals surface area contributed by atoms with Gasteiger partial charge in [0.25, 0.3) is 0 Å². The maximum absolute atomic E-state index is 10.8. The van der Waals surface area contributed by atoms with Gasteiger partial charge >= 0.3 is 5.97 Å². The van der Waals surface area contributed by atoms with Crippen LogP contribution in [0, 0.1) is 22.7 Å². The zero-order valence-corrected chi connectivity index (χ0v) is 10.5. The van der Waals surface area contributed by atoms with Crippen LogP contribution in [0.1, 0.15) is 12.5 Å². The van der Waals surface area contributed by atoms with Crippen molar-refractivity contribution in [2.75, 3.05) is 0 Å². The number of rotatable bonds is 2. The number of hydrogen-bond donors (Lipinski definition) is 0. The Morgan fingerprint density at radius 1 is 1.41 bits per heavy atom. The summed E-state index contributed by atoms with van der Waals surface area (Å²) in [5, 5.41) is 17.3. The Labute approximate surface area is 107 Å². The summed E-state index contributed by atoms with van der Waals surface area (Å²) in [4.78, 5) is 10.8. The molecule has 0 saturated carbocycles. The fraction of sp³-hybridized carbons (Fsp3) is 0.0833. The number of halogens is 1. The van der Waals surface area contributed by atoms with Crippen LogP contribution in [0.2, 0.25) is 0 Å². The van der Waals surface area contributed by atoms with Gasteiger partial charge in [0.1, 0.15) is 23.5 Å². The summed E-state index contributed by atoms with van der Waals surface area (Å²) in [6, 6.07) is 8.38. The van der Waals surface area contributed by atoms with Crippen molar-refractivity contribution < 1.29 is 9.53 Å². The van der Waals surface area contributed by atoms with E-state index in [9.17, 15) is 4.79 Å². The lowest BCUT2D eigenvalue weighted by molar-refractivity contribution is -0.131. The third kappa shape index (κ3) is 3.75. The zero-order chi connectivity index (χ0) is 12.8. The van der Waals surface area contributed by atoms with Gasteiger partial charge in [0.15, 0.2) is 0 Å². The maximum atomic E-state index is 10.8. The van der Waals surface area contributed by atoms with Gasteiger partial charge in [-0.1, -0.05) is 15.9 Å². The fourth-order valence-electron chi connectivity index (χ4n) is 1.11. The molecule has 1 aromatic carbocycles. The quantitative estimate of drug-likeness (QED) is 0.477. The molecule has 0 aromatic heterocycles. The molecular weight excluding hydrogens is 284 g/mol. The summed E-state index contributed by atoms with van der Waals surface area (Å²) in [5.74, 6) is -0.0646. The largest absolute Gasteiger partial charge is 0.427 e. The SMILES string of the molecule is CC(=O)Oc1ccc(Br)c(C=C(C#N)C#N)c1. The summed E-state index contributed by atoms with van der Waals surface area (Å²) in [7, 11) is 0. The minimum atomic E-state index is -0.428. The van der Waals surface area contributed by atoms with Crippen LogP contribution in [0.5, 0.6) is 5.75 Å². The molecule has 0 saturated heterocycles. The molecule has 17 heavy (non-hydrogen) atoms. The van der Waals surface area contributed by atoms with Gasteiger partial charge in [0, 0.05) is 11.4 Å². The van der Waals surface area contributed by atoms with Gasteiger partial charge in [-0.05, 0) is 29.8 Å². The van der Waals surface area contributed by atoms with Crippen molar-refractivity contribution in [3.8, 4) is 17.9 Å². The van der Waals surface area contributed by atoms with Gasteiger partial charge < -0.3 is 4.74 Å². The van der Waals surface area contributed by atoms with Crippen LogP contribution < -0.4 is 4.74 Å². The molecule has 0 aliphatic heterocycles. The predicted molar refractivity (Wildman–Crippen MR) is 64.7 cm³/mol. The van der Waals surface area contributed by atoms with E-state index in [0.717, 1.165) is 0 Å². The van der Waals surface area contributed by atoms with Crippen molar-refractivity contribution in [2.24, 2.45) is 0 Å². The zero-order valence-electron chi connectivity index (χ0n) is 8.90. The molecule has 1 aromatic rings. The molecule has 0 heterocycles. The van der Waals surface area contributed by atoms with E-state index in [-0.39, 0.29) is 5.57 Å². The van der Waals surface area contributed by atoms with E-state index < -0.39 is 5.97 Å². The second-order valence-electron chi connectivity index (χ2n) is 3.06. The number of benzene rings is 1. The molecule has 0 aliphatic carbocycles. The molecular formula is C12H7BrN2O2. The third-order valence-corrected chi connectivity index (χ3v) is 2.49. The van der Waals surface area contributed by atoms with E-state index in [0.29, 0.717) is 15.8 Å². The molecule has 0 unspecified atom stereocenters. The Hall–Kier alpha value is -2.11. The average Bonchev–Trinajstić information content (AvgIpc) is 2.29. The van der Waals surface area contributed by atoms with Crippen molar-refractivity contribution in [3.63, 3.8) is 0 Å². The standard InChI is InChI=1S/C12H7BrN2O2/c1-8(16)17-11-2-3-12(13)10(5-11)4-9(6-14)7-15/h2-5H,1H3. The average molecular weight is 291 g/mol. The van der Waals surface area contributed by atoms with E-state index in [2.05, 4.69) is 15.9 Å². The van der Waals surface area contributed by atoms with Crippen molar-refractivity contribution in [1.29, 1.82) is 10.5 Å². The van der Waals surface area contributed by atoms with Gasteiger partial charge in [-0.3, -0.25) is 4.79 Å². The first-order valence-electron chi connectivity index (χ1n) is 4.56. The Morgan fingerprint density at radius 3 is 2.59 bits per heavy atom. The maximum Gasteiger partial charge on any atom is 0.308 e. The molecule has 0 atom stereocenters. The summed E-state index contributed by atoms with van der Waals surface area (Å²) in [6.45, 7) is 1.30. The number of nitriles is 2. The van der Waals surface area contributed by atoms with Crippen molar-refractivity contribution in [3.05, 3.63) is 33.8 Å². The van der Waals surface area contributed by atoms with Gasteiger partial charge in [0.2, 0.25) is 0 Å². The highest BCUT2D eigenvalue weighted by molar-refractivity contribution is 9.10. The topological polar surface area (TPSA) is 73.9 Å². The highest BCUT2D eigenvalue weighted by Gasteiger charge is 2.04. The molecule has 0 radical (unpaired) electrons. The molecule has 0 fully saturated rings. The number of esters is 1. The Kier molecular flexibility index (Phi) is 4.45. The van der Waals surface area contributed by atoms with E-state index in [1.54, 1.807) is 30.3 Å². The van der Waals surface area contributed by atoms with Crippen molar-refractivity contribution >= 4 is 28.0 Å². The molecule has 84 valence electrons. The lowest BCUT2D eigenvalue weighted by Crippen LogP contribution is -2.01. The normalized spacial score (nSPS) is 8.71. The number of carbonyl (C=O) groups excluding carboxylic acids is 1. The third-order valence-electron chi connectivity index (χ3n) is 1.77. The molecule has 5 heteroatoms. The summed E-state index contributed by atoms with van der Waals surface area (Å²) in [5.41, 5.74) is 0.576. The second-order valence-corrected chi connectivity index (χ2v) is 3.91. The van der Waals surface area contributed by atoms with Crippen LogP contribution in [0.3, 0.4) is 0 Å². The molecule has 0 amide bonds. The minimum Gasteiger partial charge on any atom is -0.427 e. The Morgan fingerprint density at radius 2 is 2.06 bits per heavy atom. The summed E-state index contributed by atoms with van der Waals surface area (Å²) < 4.78 is 5.61. The lowest BCUT2D eigenvalue weighted by Gasteiger charge is -2.04. The number of carbonyl (C=O) groups is 1. The number of ether oxygens (including phenoxy) is 1. The van der Waals surface area contributed by atoms with Crippen LogP contribution >= 0.6 is 15.9 Å². The summed E-state index contributed by atoms with van der Waals surface area (Å²) in [6.07, 6.45) is 1.41. The minimum absolute atomic E-state index is 0.0225. The first-order valence-corrected chi connectivity index (χ1v) is 5.36. The number of hydrogen-bond acceptors (Lipinski definition) is 4. The molecule has 4 nitrogen and oxygen atoms in total. The van der Waals surface area contributed by atoms with E-state index in [1.165, 1.54) is 13.0 Å². The van der Waals surface area contributed by atoms with Crippen molar-refractivity contribution in [1.82, 2.24) is 0 Å².